The van der Waals surface area contributed by atoms with Crippen LogP contribution in [0.2, 0.25) is 0 Å². The van der Waals surface area contributed by atoms with Gasteiger partial charge in [-0.2, -0.15) is 12.6 Å². The Morgan fingerprint density at radius 3 is 2.50 bits per heavy atom. The summed E-state index contributed by atoms with van der Waals surface area (Å²) < 4.78 is 0. The molecule has 0 aromatic heterocycles. The van der Waals surface area contributed by atoms with Crippen LogP contribution in [0.5, 0.6) is 0 Å². The molecule has 5 heteroatoms. The lowest BCUT2D eigenvalue weighted by atomic mass is 10.4. The molecule has 0 saturated heterocycles. The lowest BCUT2D eigenvalue weighted by molar-refractivity contribution is -0.307. The van der Waals surface area contributed by atoms with Crippen molar-refractivity contribution in [2.24, 2.45) is 0 Å². The normalized spacial score (nSPS) is 13.2. The molecule has 48 valence electrons. The second-order valence-corrected chi connectivity index (χ2v) is 1.75. The van der Waals surface area contributed by atoms with Gasteiger partial charge in [0.1, 0.15) is 0 Å². The number of rotatable bonds is 3. The highest BCUT2D eigenvalue weighted by atomic mass is 35.5. The molecule has 0 aromatic rings. The summed E-state index contributed by atoms with van der Waals surface area (Å²) in [5, 5.41) is 9.85. The zero-order valence-corrected chi connectivity index (χ0v) is 5.58. The van der Waals surface area contributed by atoms with E-state index in [9.17, 15) is 9.90 Å². The van der Waals surface area contributed by atoms with Crippen LogP contribution in [-0.2, 0) is 4.79 Å². The van der Waals surface area contributed by atoms with Crippen molar-refractivity contribution in [2.45, 2.75) is 6.04 Å². The molecule has 0 aliphatic rings. The maximum atomic E-state index is 9.85. The Balaban J connectivity index is 3.52. The Morgan fingerprint density at radius 1 is 2.00 bits per heavy atom. The van der Waals surface area contributed by atoms with Gasteiger partial charge in [-0.3, -0.25) is 0 Å². The van der Waals surface area contributed by atoms with Crippen LogP contribution in [0.4, 0.5) is 0 Å². The van der Waals surface area contributed by atoms with Crippen molar-refractivity contribution < 1.29 is 9.90 Å². The van der Waals surface area contributed by atoms with Gasteiger partial charge in [0.25, 0.3) is 0 Å². The van der Waals surface area contributed by atoms with E-state index >= 15 is 0 Å². The number of carbonyl (C=O) groups is 1. The Hall–Kier alpha value is 0.0700. The monoisotopic (exact) mass is 154 g/mol. The van der Waals surface area contributed by atoms with Gasteiger partial charge < -0.3 is 9.90 Å². The lowest BCUT2D eigenvalue weighted by Gasteiger charge is -2.10. The highest BCUT2D eigenvalue weighted by Crippen LogP contribution is 1.85. The maximum absolute atomic E-state index is 9.85. The minimum absolute atomic E-state index is 0.131. The predicted molar refractivity (Wildman–Crippen MR) is 31.6 cm³/mol. The fourth-order valence-corrected chi connectivity index (χ4v) is 0.668. The quantitative estimate of drug-likeness (QED) is 0.396. The average molecular weight is 155 g/mol. The zero-order chi connectivity index (χ0) is 6.57. The molecule has 3 nitrogen and oxygen atoms in total. The summed E-state index contributed by atoms with van der Waals surface area (Å²) in [5.41, 5.74) is 0. The standard InChI is InChI=1S/C3H6ClNO2S/c4-5-2(1-8)3(6)7/h2,5,8H,1H2,(H,6,7)/p-1. The molecule has 0 bridgehead atoms. The van der Waals surface area contributed by atoms with Crippen molar-refractivity contribution >= 4 is 30.4 Å². The molecular formula is C3H5ClNO2S-. The number of carboxylic acid groups (broad SMARTS) is 1. The summed E-state index contributed by atoms with van der Waals surface area (Å²) >= 11 is 8.61. The number of hydrogen-bond donors (Lipinski definition) is 2. The van der Waals surface area contributed by atoms with Gasteiger partial charge in [0.2, 0.25) is 0 Å². The zero-order valence-electron chi connectivity index (χ0n) is 3.93. The molecule has 0 saturated carbocycles. The summed E-state index contributed by atoms with van der Waals surface area (Å²) in [4.78, 5) is 11.8. The van der Waals surface area contributed by atoms with Crippen LogP contribution in [0, 0.1) is 0 Å². The second kappa shape index (κ2) is 4.00. The van der Waals surface area contributed by atoms with Gasteiger partial charge in [-0.15, -0.1) is 0 Å². The van der Waals surface area contributed by atoms with Crippen molar-refractivity contribution in [3.8, 4) is 0 Å². The molecule has 0 fully saturated rings. The van der Waals surface area contributed by atoms with E-state index in [0.29, 0.717) is 0 Å². The Kier molecular flexibility index (Phi) is 4.03. The lowest BCUT2D eigenvalue weighted by Crippen LogP contribution is -2.43. The molecule has 1 N–H and O–H groups in total. The number of halogens is 1. The molecule has 0 spiro atoms. The number of thiol groups is 1. The van der Waals surface area contributed by atoms with Crippen LogP contribution in [0.15, 0.2) is 0 Å². The van der Waals surface area contributed by atoms with E-state index in [2.05, 4.69) is 12.6 Å². The number of carboxylic acids is 1. The predicted octanol–water partition coefficient (Wildman–Crippen LogP) is -1.22. The van der Waals surface area contributed by atoms with Crippen LogP contribution in [0.25, 0.3) is 0 Å². The summed E-state index contributed by atoms with van der Waals surface area (Å²) in [6.45, 7) is 0. The smallest absolute Gasteiger partial charge is 0.0703 e. The van der Waals surface area contributed by atoms with Crippen molar-refractivity contribution in [3.63, 3.8) is 0 Å². The third kappa shape index (κ3) is 2.40. The highest BCUT2D eigenvalue weighted by Gasteiger charge is 2.02. The summed E-state index contributed by atoms with van der Waals surface area (Å²) in [6, 6.07) is -0.861. The number of carbonyl (C=O) groups excluding carboxylic acids is 1. The van der Waals surface area contributed by atoms with Crippen molar-refractivity contribution in [2.75, 3.05) is 5.75 Å². The van der Waals surface area contributed by atoms with Crippen molar-refractivity contribution in [3.05, 3.63) is 0 Å². The van der Waals surface area contributed by atoms with Gasteiger partial charge in [0, 0.05) is 5.75 Å². The molecule has 0 amide bonds. The van der Waals surface area contributed by atoms with Gasteiger partial charge in [-0.25, -0.2) is 4.84 Å². The minimum atomic E-state index is -1.24. The van der Waals surface area contributed by atoms with Crippen LogP contribution in [0.1, 0.15) is 0 Å². The number of nitrogens with one attached hydrogen (secondary N) is 1. The van der Waals surface area contributed by atoms with Gasteiger partial charge in [0.05, 0.1) is 12.0 Å². The molecule has 0 radical (unpaired) electrons. The second-order valence-electron chi connectivity index (χ2n) is 1.16. The van der Waals surface area contributed by atoms with E-state index in [1.165, 1.54) is 0 Å². The molecule has 1 atom stereocenters. The summed E-state index contributed by atoms with van der Waals surface area (Å²) in [5.74, 6) is -1.11. The molecule has 0 heterocycles. The first-order chi connectivity index (χ1) is 3.72. The van der Waals surface area contributed by atoms with Gasteiger partial charge in [-0.1, -0.05) is 0 Å². The molecule has 1 unspecified atom stereocenters. The van der Waals surface area contributed by atoms with E-state index in [4.69, 9.17) is 11.8 Å². The van der Waals surface area contributed by atoms with E-state index in [0.717, 1.165) is 0 Å². The van der Waals surface area contributed by atoms with Crippen molar-refractivity contribution in [1.29, 1.82) is 0 Å². The van der Waals surface area contributed by atoms with E-state index in [-0.39, 0.29) is 5.75 Å². The molecule has 0 aromatic carbocycles. The van der Waals surface area contributed by atoms with Crippen molar-refractivity contribution in [1.82, 2.24) is 4.84 Å². The summed E-state index contributed by atoms with van der Waals surface area (Å²) in [7, 11) is 0. The fourth-order valence-electron chi connectivity index (χ4n) is 0.154. The third-order valence-corrected chi connectivity index (χ3v) is 1.23. The largest absolute Gasteiger partial charge is 0.548 e. The number of hydrogen-bond acceptors (Lipinski definition) is 4. The SMILES string of the molecule is O=C([O-])C(CS)NCl. The first-order valence-electron chi connectivity index (χ1n) is 1.90. The fraction of sp³-hybridized carbons (Fsp3) is 0.667. The van der Waals surface area contributed by atoms with Gasteiger partial charge in [0.15, 0.2) is 0 Å². The first kappa shape index (κ1) is 8.07. The van der Waals surface area contributed by atoms with E-state index in [1.807, 2.05) is 4.84 Å². The first-order valence-corrected chi connectivity index (χ1v) is 2.91. The molecule has 0 aliphatic heterocycles. The van der Waals surface area contributed by atoms with Gasteiger partial charge >= 0.3 is 0 Å². The van der Waals surface area contributed by atoms with E-state index in [1.54, 1.807) is 0 Å². The third-order valence-electron chi connectivity index (χ3n) is 0.599. The highest BCUT2D eigenvalue weighted by molar-refractivity contribution is 7.80. The minimum Gasteiger partial charge on any atom is -0.548 e. The summed E-state index contributed by atoms with van der Waals surface area (Å²) in [6.07, 6.45) is 0. The van der Waals surface area contributed by atoms with Crippen LogP contribution in [-0.4, -0.2) is 17.8 Å². The van der Waals surface area contributed by atoms with E-state index < -0.39 is 12.0 Å². The number of aliphatic carboxylic acids is 1. The molecule has 0 rings (SSSR count). The Morgan fingerprint density at radius 2 is 2.50 bits per heavy atom. The molecule has 8 heavy (non-hydrogen) atoms. The maximum Gasteiger partial charge on any atom is 0.0703 e. The topological polar surface area (TPSA) is 52.2 Å². The Bertz CT molecular complexity index is 85.4. The van der Waals surface area contributed by atoms with Crippen LogP contribution >= 0.6 is 24.4 Å². The van der Waals surface area contributed by atoms with Crippen LogP contribution < -0.4 is 9.94 Å². The van der Waals surface area contributed by atoms with Gasteiger partial charge in [-0.05, 0) is 11.8 Å². The molecule has 0 aliphatic carbocycles. The molecular weight excluding hydrogens is 150 g/mol. The average Bonchev–Trinajstić information content (AvgIpc) is 1.69. The van der Waals surface area contributed by atoms with Crippen LogP contribution in [0.3, 0.4) is 0 Å². The Labute approximate surface area is 57.5 Å².